The molecule has 7 nitrogen and oxygen atoms in total. The predicted molar refractivity (Wildman–Crippen MR) is 109 cm³/mol. The van der Waals surface area contributed by atoms with Crippen molar-refractivity contribution in [1.82, 2.24) is 4.57 Å². The number of rotatable bonds is 4. The second-order valence-corrected chi connectivity index (χ2v) is 7.00. The number of amides is 1. The third-order valence-electron chi connectivity index (χ3n) is 5.06. The van der Waals surface area contributed by atoms with Crippen LogP contribution in [0.1, 0.15) is 27.9 Å². The van der Waals surface area contributed by atoms with Gasteiger partial charge in [-0.2, -0.15) is 0 Å². The number of hydrogen-bond donors (Lipinski definition) is 0. The first kappa shape index (κ1) is 18.6. The van der Waals surface area contributed by atoms with E-state index in [0.717, 1.165) is 24.1 Å². The van der Waals surface area contributed by atoms with Crippen LogP contribution in [0.4, 0.5) is 11.4 Å². The number of hydrogen-bond acceptors (Lipinski definition) is 4. The number of nitro benzene ring substituents is 1. The largest absolute Gasteiger partial charge is 0.310 e. The zero-order chi connectivity index (χ0) is 20.4. The van der Waals surface area contributed by atoms with Crippen molar-refractivity contribution in [3.05, 3.63) is 104 Å². The van der Waals surface area contributed by atoms with Crippen LogP contribution in [0.15, 0.2) is 71.7 Å². The van der Waals surface area contributed by atoms with Gasteiger partial charge in [0, 0.05) is 36.6 Å². The number of aryl methyl sites for hydroxylation is 1. The summed E-state index contributed by atoms with van der Waals surface area (Å²) in [6.45, 7) is 0.776. The molecule has 1 aromatic heterocycles. The number of aromatic nitrogens is 1. The monoisotopic (exact) mass is 389 g/mol. The van der Waals surface area contributed by atoms with Gasteiger partial charge in [-0.05, 0) is 36.1 Å². The zero-order valence-corrected chi connectivity index (χ0v) is 15.7. The molecule has 7 heteroatoms. The van der Waals surface area contributed by atoms with Crippen LogP contribution in [0, 0.1) is 10.1 Å². The summed E-state index contributed by atoms with van der Waals surface area (Å²) in [5, 5.41) is 11.0. The van der Waals surface area contributed by atoms with E-state index in [2.05, 4.69) is 0 Å². The first-order chi connectivity index (χ1) is 14.0. The molecule has 0 atom stereocenters. The molecule has 29 heavy (non-hydrogen) atoms. The van der Waals surface area contributed by atoms with Crippen LogP contribution in [0.5, 0.6) is 0 Å². The Labute approximate surface area is 167 Å². The van der Waals surface area contributed by atoms with Gasteiger partial charge in [0.05, 0.1) is 17.0 Å². The molecule has 0 bridgehead atoms. The minimum Gasteiger partial charge on any atom is -0.310 e. The summed E-state index contributed by atoms with van der Waals surface area (Å²) in [6, 6.07) is 16.9. The minimum atomic E-state index is -0.472. The van der Waals surface area contributed by atoms with E-state index in [-0.39, 0.29) is 23.7 Å². The van der Waals surface area contributed by atoms with Gasteiger partial charge in [0.2, 0.25) is 0 Å². The molecule has 0 aliphatic carbocycles. The van der Waals surface area contributed by atoms with Crippen molar-refractivity contribution in [2.75, 3.05) is 11.4 Å². The molecule has 0 radical (unpaired) electrons. The lowest BCUT2D eigenvalue weighted by Gasteiger charge is -2.29. The smallest absolute Gasteiger partial charge is 0.269 e. The molecular weight excluding hydrogens is 370 g/mol. The molecule has 1 amide bonds. The molecule has 0 spiro atoms. The minimum absolute atomic E-state index is 0.0345. The van der Waals surface area contributed by atoms with Crippen molar-refractivity contribution in [2.24, 2.45) is 0 Å². The Morgan fingerprint density at radius 1 is 1.07 bits per heavy atom. The number of carbonyl (C=O) groups excluding carboxylic acids is 1. The first-order valence-corrected chi connectivity index (χ1v) is 9.36. The molecule has 2 aromatic carbocycles. The molecule has 2 heterocycles. The molecule has 3 aromatic rings. The van der Waals surface area contributed by atoms with Crippen LogP contribution in [0.25, 0.3) is 0 Å². The van der Waals surface area contributed by atoms with E-state index in [1.54, 1.807) is 17.0 Å². The second-order valence-electron chi connectivity index (χ2n) is 7.00. The first-order valence-electron chi connectivity index (χ1n) is 9.36. The van der Waals surface area contributed by atoms with Crippen LogP contribution in [0.2, 0.25) is 0 Å². The third-order valence-corrected chi connectivity index (χ3v) is 5.06. The van der Waals surface area contributed by atoms with E-state index in [4.69, 9.17) is 0 Å². The number of carbonyl (C=O) groups is 1. The van der Waals surface area contributed by atoms with E-state index in [1.165, 1.54) is 35.0 Å². The van der Waals surface area contributed by atoms with E-state index < -0.39 is 4.92 Å². The molecule has 0 saturated carbocycles. The standard InChI is InChI=1S/C22H19N3O4/c26-21-11-10-18(15-23(21)14-16-5-3-8-19(13-16)25(28)29)22(27)24-12-4-7-17-6-1-2-9-20(17)24/h1-3,5-6,8-11,13,15H,4,7,12,14H2. The molecular formula is C22H19N3O4. The van der Waals surface area contributed by atoms with Crippen LogP contribution in [0.3, 0.4) is 0 Å². The van der Waals surface area contributed by atoms with Crippen molar-refractivity contribution in [1.29, 1.82) is 0 Å². The lowest BCUT2D eigenvalue weighted by Crippen LogP contribution is -2.36. The number of fused-ring (bicyclic) bond motifs is 1. The van der Waals surface area contributed by atoms with Crippen molar-refractivity contribution >= 4 is 17.3 Å². The highest BCUT2D eigenvalue weighted by molar-refractivity contribution is 6.06. The Morgan fingerprint density at radius 3 is 2.72 bits per heavy atom. The molecule has 1 aliphatic rings. The van der Waals surface area contributed by atoms with Crippen molar-refractivity contribution < 1.29 is 9.72 Å². The van der Waals surface area contributed by atoms with Gasteiger partial charge >= 0.3 is 0 Å². The Morgan fingerprint density at radius 2 is 1.90 bits per heavy atom. The number of nitrogens with zero attached hydrogens (tertiary/aromatic N) is 3. The molecule has 1 aliphatic heterocycles. The van der Waals surface area contributed by atoms with Gasteiger partial charge in [0.1, 0.15) is 0 Å². The van der Waals surface area contributed by atoms with Crippen LogP contribution >= 0.6 is 0 Å². The quantitative estimate of drug-likeness (QED) is 0.506. The van der Waals surface area contributed by atoms with Crippen LogP contribution < -0.4 is 10.5 Å². The maximum Gasteiger partial charge on any atom is 0.269 e. The van der Waals surface area contributed by atoms with Crippen molar-refractivity contribution in [2.45, 2.75) is 19.4 Å². The Kier molecular flexibility index (Phi) is 4.95. The zero-order valence-electron chi connectivity index (χ0n) is 15.7. The average Bonchev–Trinajstić information content (AvgIpc) is 2.74. The summed E-state index contributed by atoms with van der Waals surface area (Å²) in [7, 11) is 0. The fraction of sp³-hybridized carbons (Fsp3) is 0.182. The maximum absolute atomic E-state index is 13.1. The van der Waals surface area contributed by atoms with Gasteiger partial charge in [-0.15, -0.1) is 0 Å². The fourth-order valence-electron chi connectivity index (χ4n) is 3.65. The van der Waals surface area contributed by atoms with Gasteiger partial charge < -0.3 is 9.47 Å². The summed E-state index contributed by atoms with van der Waals surface area (Å²) in [6.07, 6.45) is 3.35. The van der Waals surface area contributed by atoms with Crippen molar-refractivity contribution in [3.8, 4) is 0 Å². The van der Waals surface area contributed by atoms with Gasteiger partial charge in [-0.3, -0.25) is 19.7 Å². The summed E-state index contributed by atoms with van der Waals surface area (Å²) in [5.41, 5.74) is 2.76. The normalized spacial score (nSPS) is 13.0. The highest BCUT2D eigenvalue weighted by Crippen LogP contribution is 2.28. The summed E-state index contributed by atoms with van der Waals surface area (Å²) in [5.74, 6) is -0.162. The SMILES string of the molecule is O=C(c1ccc(=O)n(Cc2cccc([N+](=O)[O-])c2)c1)N1CCCc2ccccc21. The lowest BCUT2D eigenvalue weighted by atomic mass is 10.0. The van der Waals surface area contributed by atoms with Gasteiger partial charge in [-0.25, -0.2) is 0 Å². The van der Waals surface area contributed by atoms with Gasteiger partial charge in [0.25, 0.3) is 17.2 Å². The van der Waals surface area contributed by atoms with Gasteiger partial charge in [0.15, 0.2) is 0 Å². The molecule has 0 saturated heterocycles. The lowest BCUT2D eigenvalue weighted by molar-refractivity contribution is -0.384. The summed E-state index contributed by atoms with van der Waals surface area (Å²) < 4.78 is 1.40. The van der Waals surface area contributed by atoms with E-state index in [1.807, 2.05) is 24.3 Å². The Bertz CT molecular complexity index is 1150. The Hall–Kier alpha value is -3.74. The van der Waals surface area contributed by atoms with E-state index in [9.17, 15) is 19.7 Å². The molecule has 146 valence electrons. The average molecular weight is 389 g/mol. The highest BCUT2D eigenvalue weighted by atomic mass is 16.6. The number of non-ortho nitro benzene ring substituents is 1. The predicted octanol–water partition coefficient (Wildman–Crippen LogP) is 3.40. The molecule has 0 fully saturated rings. The number of para-hydroxylation sites is 1. The maximum atomic E-state index is 13.1. The number of benzene rings is 2. The van der Waals surface area contributed by atoms with E-state index in [0.29, 0.717) is 17.7 Å². The van der Waals surface area contributed by atoms with Crippen molar-refractivity contribution in [3.63, 3.8) is 0 Å². The Balaban J connectivity index is 1.64. The molecule has 0 N–H and O–H groups in total. The topological polar surface area (TPSA) is 85.4 Å². The fourth-order valence-corrected chi connectivity index (χ4v) is 3.65. The third kappa shape index (κ3) is 3.80. The highest BCUT2D eigenvalue weighted by Gasteiger charge is 2.23. The number of pyridine rings is 1. The summed E-state index contributed by atoms with van der Waals surface area (Å²) >= 11 is 0. The molecule has 0 unspecified atom stereocenters. The number of nitro groups is 1. The second kappa shape index (κ2) is 7.71. The van der Waals surface area contributed by atoms with Crippen LogP contribution in [-0.4, -0.2) is 21.9 Å². The molecule has 4 rings (SSSR count). The number of anilines is 1. The van der Waals surface area contributed by atoms with Crippen LogP contribution in [-0.2, 0) is 13.0 Å². The van der Waals surface area contributed by atoms with Gasteiger partial charge in [-0.1, -0.05) is 30.3 Å². The summed E-state index contributed by atoms with van der Waals surface area (Å²) in [4.78, 5) is 37.7. The van der Waals surface area contributed by atoms with E-state index >= 15 is 0 Å².